The average Bonchev–Trinajstić information content (AvgIpc) is 2.30. The number of nitrogens with zero attached hydrogens (tertiary/aromatic N) is 1. The van der Waals surface area contributed by atoms with Crippen molar-refractivity contribution in [2.75, 3.05) is 32.8 Å². The second-order valence-corrected chi connectivity index (χ2v) is 4.91. The van der Waals surface area contributed by atoms with Gasteiger partial charge in [-0.15, -0.1) is 12.4 Å². The van der Waals surface area contributed by atoms with Gasteiger partial charge in [-0.1, -0.05) is 29.3 Å². The normalized spacial score (nSPS) is 18.2. The van der Waals surface area contributed by atoms with Gasteiger partial charge in [0.05, 0.1) is 12.6 Å². The van der Waals surface area contributed by atoms with E-state index in [1.165, 1.54) is 16.7 Å². The molecule has 0 radical (unpaired) electrons. The van der Waals surface area contributed by atoms with E-state index in [4.69, 9.17) is 0 Å². The van der Waals surface area contributed by atoms with Gasteiger partial charge >= 0.3 is 0 Å². The number of aliphatic hydroxyl groups is 1. The third-order valence-corrected chi connectivity index (χ3v) is 3.39. The first-order valence-corrected chi connectivity index (χ1v) is 6.34. The molecule has 1 atom stereocenters. The molecular formula is C14H23ClN2O. The van der Waals surface area contributed by atoms with E-state index in [1.807, 2.05) is 0 Å². The number of hydrogen-bond acceptors (Lipinski definition) is 3. The van der Waals surface area contributed by atoms with E-state index in [2.05, 4.69) is 42.3 Å². The number of nitrogens with one attached hydrogen (secondary N) is 1. The number of hydrogen-bond donors (Lipinski definition) is 2. The summed E-state index contributed by atoms with van der Waals surface area (Å²) in [6.45, 7) is 8.48. The Bertz CT molecular complexity index is 358. The maximum Gasteiger partial charge on any atom is 0.0628 e. The summed E-state index contributed by atoms with van der Waals surface area (Å²) in [7, 11) is 0. The molecule has 0 unspecified atom stereocenters. The Morgan fingerprint density at radius 3 is 2.22 bits per heavy atom. The van der Waals surface area contributed by atoms with Crippen LogP contribution in [-0.2, 0) is 0 Å². The van der Waals surface area contributed by atoms with Crippen molar-refractivity contribution in [1.29, 1.82) is 0 Å². The molecule has 0 bridgehead atoms. The molecule has 0 spiro atoms. The zero-order valence-corrected chi connectivity index (χ0v) is 12.0. The molecule has 3 nitrogen and oxygen atoms in total. The van der Waals surface area contributed by atoms with Crippen molar-refractivity contribution in [1.82, 2.24) is 10.2 Å². The van der Waals surface area contributed by atoms with Crippen molar-refractivity contribution in [3.8, 4) is 0 Å². The first-order chi connectivity index (χ1) is 8.20. The van der Waals surface area contributed by atoms with Crippen LogP contribution in [0.4, 0.5) is 0 Å². The number of halogens is 1. The predicted molar refractivity (Wildman–Crippen MR) is 77.4 cm³/mol. The lowest BCUT2D eigenvalue weighted by Crippen LogP contribution is -2.46. The zero-order chi connectivity index (χ0) is 12.3. The lowest BCUT2D eigenvalue weighted by atomic mass is 10.00. The predicted octanol–water partition coefficient (Wildman–Crippen LogP) is 1.66. The monoisotopic (exact) mass is 270 g/mol. The molecule has 1 heterocycles. The van der Waals surface area contributed by atoms with Crippen molar-refractivity contribution in [2.24, 2.45) is 0 Å². The molecule has 18 heavy (non-hydrogen) atoms. The van der Waals surface area contributed by atoms with Crippen LogP contribution in [0.3, 0.4) is 0 Å². The molecular weight excluding hydrogens is 248 g/mol. The minimum Gasteiger partial charge on any atom is -0.394 e. The lowest BCUT2D eigenvalue weighted by Gasteiger charge is -2.34. The van der Waals surface area contributed by atoms with Crippen LogP contribution in [0, 0.1) is 13.8 Å². The number of benzene rings is 1. The van der Waals surface area contributed by atoms with Crippen LogP contribution in [0.5, 0.6) is 0 Å². The Morgan fingerprint density at radius 1 is 1.17 bits per heavy atom. The smallest absolute Gasteiger partial charge is 0.0628 e. The fourth-order valence-corrected chi connectivity index (χ4v) is 2.63. The van der Waals surface area contributed by atoms with E-state index >= 15 is 0 Å². The van der Waals surface area contributed by atoms with E-state index in [0.717, 1.165) is 26.2 Å². The maximum absolute atomic E-state index is 9.65. The number of aryl methyl sites for hydroxylation is 2. The van der Waals surface area contributed by atoms with Gasteiger partial charge in [-0.3, -0.25) is 4.90 Å². The van der Waals surface area contributed by atoms with Crippen LogP contribution >= 0.6 is 12.4 Å². The fraction of sp³-hybridized carbons (Fsp3) is 0.571. The summed E-state index contributed by atoms with van der Waals surface area (Å²) in [5.41, 5.74) is 3.79. The molecule has 1 aromatic rings. The van der Waals surface area contributed by atoms with Crippen LogP contribution < -0.4 is 5.32 Å². The number of aliphatic hydroxyl groups excluding tert-OH is 1. The molecule has 2 rings (SSSR count). The molecule has 4 heteroatoms. The molecule has 0 aromatic heterocycles. The van der Waals surface area contributed by atoms with Crippen molar-refractivity contribution < 1.29 is 5.11 Å². The zero-order valence-electron chi connectivity index (χ0n) is 11.1. The molecule has 1 fully saturated rings. The van der Waals surface area contributed by atoms with Gasteiger partial charge in [-0.25, -0.2) is 0 Å². The van der Waals surface area contributed by atoms with Crippen LogP contribution in [0.1, 0.15) is 22.7 Å². The Morgan fingerprint density at radius 2 is 1.72 bits per heavy atom. The first-order valence-electron chi connectivity index (χ1n) is 6.34. The minimum absolute atomic E-state index is 0. The highest BCUT2D eigenvalue weighted by Crippen LogP contribution is 2.22. The van der Waals surface area contributed by atoms with E-state index in [-0.39, 0.29) is 25.1 Å². The van der Waals surface area contributed by atoms with Crippen LogP contribution in [0.25, 0.3) is 0 Å². The number of rotatable bonds is 3. The second-order valence-electron chi connectivity index (χ2n) is 4.91. The van der Waals surface area contributed by atoms with Gasteiger partial charge in [0, 0.05) is 26.2 Å². The summed E-state index contributed by atoms with van der Waals surface area (Å²) in [5, 5.41) is 13.0. The summed E-state index contributed by atoms with van der Waals surface area (Å²) in [4.78, 5) is 2.37. The summed E-state index contributed by atoms with van der Waals surface area (Å²) in [6, 6.07) is 6.71. The van der Waals surface area contributed by atoms with Crippen molar-refractivity contribution in [3.05, 3.63) is 34.9 Å². The van der Waals surface area contributed by atoms with Gasteiger partial charge in [0.25, 0.3) is 0 Å². The SMILES string of the molecule is Cc1cc(C)cc([C@@H](CO)N2CCNCC2)c1.Cl. The van der Waals surface area contributed by atoms with E-state index in [9.17, 15) is 5.11 Å². The van der Waals surface area contributed by atoms with Crippen LogP contribution in [0.2, 0.25) is 0 Å². The van der Waals surface area contributed by atoms with Gasteiger partial charge in [0.2, 0.25) is 0 Å². The summed E-state index contributed by atoms with van der Waals surface area (Å²) < 4.78 is 0. The summed E-state index contributed by atoms with van der Waals surface area (Å²) in [5.74, 6) is 0. The second kappa shape index (κ2) is 7.10. The highest BCUT2D eigenvalue weighted by Gasteiger charge is 2.21. The average molecular weight is 271 g/mol. The van der Waals surface area contributed by atoms with E-state index in [1.54, 1.807) is 0 Å². The molecule has 0 amide bonds. The molecule has 102 valence electrons. The Balaban J connectivity index is 0.00000162. The van der Waals surface area contributed by atoms with Crippen molar-refractivity contribution >= 4 is 12.4 Å². The Labute approximate surface area is 116 Å². The summed E-state index contributed by atoms with van der Waals surface area (Å²) in [6.07, 6.45) is 0. The molecule has 0 saturated carbocycles. The number of piperazine rings is 1. The minimum atomic E-state index is 0. The van der Waals surface area contributed by atoms with Crippen LogP contribution in [-0.4, -0.2) is 42.8 Å². The molecule has 1 aliphatic rings. The summed E-state index contributed by atoms with van der Waals surface area (Å²) >= 11 is 0. The van der Waals surface area contributed by atoms with Crippen molar-refractivity contribution in [3.63, 3.8) is 0 Å². The Kier molecular flexibility index (Phi) is 6.09. The fourth-order valence-electron chi connectivity index (χ4n) is 2.63. The highest BCUT2D eigenvalue weighted by molar-refractivity contribution is 5.85. The van der Waals surface area contributed by atoms with Gasteiger partial charge in [0.1, 0.15) is 0 Å². The molecule has 0 aliphatic carbocycles. The molecule has 1 aromatic carbocycles. The van der Waals surface area contributed by atoms with Gasteiger partial charge < -0.3 is 10.4 Å². The van der Waals surface area contributed by atoms with E-state index in [0.29, 0.717) is 0 Å². The molecule has 2 N–H and O–H groups in total. The van der Waals surface area contributed by atoms with Crippen molar-refractivity contribution in [2.45, 2.75) is 19.9 Å². The van der Waals surface area contributed by atoms with Gasteiger partial charge in [-0.2, -0.15) is 0 Å². The van der Waals surface area contributed by atoms with Gasteiger partial charge in [0.15, 0.2) is 0 Å². The van der Waals surface area contributed by atoms with E-state index < -0.39 is 0 Å². The third kappa shape index (κ3) is 3.69. The lowest BCUT2D eigenvalue weighted by molar-refractivity contribution is 0.111. The highest BCUT2D eigenvalue weighted by atomic mass is 35.5. The third-order valence-electron chi connectivity index (χ3n) is 3.39. The molecule has 1 saturated heterocycles. The standard InChI is InChI=1S/C14H22N2O.ClH/c1-11-7-12(2)9-13(8-11)14(10-17)16-5-3-15-4-6-16;/h7-9,14-15,17H,3-6,10H2,1-2H3;1H/t14-;/m1./s1. The molecule has 1 aliphatic heterocycles. The topological polar surface area (TPSA) is 35.5 Å². The van der Waals surface area contributed by atoms with Crippen LogP contribution in [0.15, 0.2) is 18.2 Å². The Hall–Kier alpha value is -0.610. The largest absolute Gasteiger partial charge is 0.394 e. The maximum atomic E-state index is 9.65. The first kappa shape index (κ1) is 15.4. The quantitative estimate of drug-likeness (QED) is 0.877. The van der Waals surface area contributed by atoms with Gasteiger partial charge in [-0.05, 0) is 19.4 Å².